The molecule has 2 rings (SSSR count). The molecule has 0 bridgehead atoms. The maximum atomic E-state index is 12.8. The second-order valence-corrected chi connectivity index (χ2v) is 8.07. The van der Waals surface area contributed by atoms with Gasteiger partial charge < -0.3 is 25.5 Å². The average Bonchev–Trinajstić information content (AvgIpc) is 3.35. The van der Waals surface area contributed by atoms with E-state index in [0.29, 0.717) is 25.8 Å². The van der Waals surface area contributed by atoms with Gasteiger partial charge in [-0.2, -0.15) is 13.2 Å². The van der Waals surface area contributed by atoms with Crippen LogP contribution in [0.15, 0.2) is 0 Å². The summed E-state index contributed by atoms with van der Waals surface area (Å²) in [6.07, 6.45) is -5.72. The molecular weight excluding hydrogens is 421 g/mol. The van der Waals surface area contributed by atoms with Crippen LogP contribution in [-0.4, -0.2) is 88.1 Å². The fraction of sp³-hybridized carbons (Fsp3) is 0.789. The van der Waals surface area contributed by atoms with Crippen LogP contribution in [0.2, 0.25) is 0 Å². The third kappa shape index (κ3) is 5.86. The number of amides is 4. The molecule has 2 aliphatic heterocycles. The number of hydrogen-bond donors (Lipinski definition) is 3. The van der Waals surface area contributed by atoms with Gasteiger partial charge in [0.05, 0.1) is 6.04 Å². The zero-order valence-corrected chi connectivity index (χ0v) is 17.7. The molecule has 2 fully saturated rings. The highest BCUT2D eigenvalue weighted by atomic mass is 19.4. The van der Waals surface area contributed by atoms with Gasteiger partial charge in [0, 0.05) is 20.0 Å². The summed E-state index contributed by atoms with van der Waals surface area (Å²) in [4.78, 5) is 52.1. The minimum atomic E-state index is -4.88. The molecule has 2 aliphatic rings. The standard InChI is InChI=1S/C19H29F3N4O5/c1-10(15(28)19(20,21)22)23-17(30)14-7-5-9-26(14)18(31)11(2)24-16(29)13-6-4-8-25(13)12(3)27/h10-11,13-15,28H,4-9H2,1-3H3,(H,23,30)(H,24,29)/t10?,11-,13-,14-,15?/m0/s1. The number of aliphatic hydroxyl groups is 1. The van der Waals surface area contributed by atoms with Crippen LogP contribution in [0, 0.1) is 0 Å². The number of likely N-dealkylation sites (tertiary alicyclic amines) is 2. The maximum Gasteiger partial charge on any atom is 0.416 e. The van der Waals surface area contributed by atoms with Gasteiger partial charge in [0.1, 0.15) is 18.1 Å². The number of rotatable bonds is 6. The summed E-state index contributed by atoms with van der Waals surface area (Å²) < 4.78 is 37.9. The van der Waals surface area contributed by atoms with Gasteiger partial charge in [-0.05, 0) is 39.5 Å². The van der Waals surface area contributed by atoms with E-state index in [1.165, 1.54) is 23.6 Å². The molecule has 0 aromatic heterocycles. The molecule has 31 heavy (non-hydrogen) atoms. The molecule has 0 radical (unpaired) electrons. The van der Waals surface area contributed by atoms with E-state index in [9.17, 15) is 37.5 Å². The van der Waals surface area contributed by atoms with Crippen molar-refractivity contribution in [3.05, 3.63) is 0 Å². The van der Waals surface area contributed by atoms with Crippen molar-refractivity contribution in [1.82, 2.24) is 20.4 Å². The number of nitrogens with one attached hydrogen (secondary N) is 2. The Kier molecular flexibility index (Phi) is 7.90. The first-order valence-electron chi connectivity index (χ1n) is 10.3. The molecule has 3 N–H and O–H groups in total. The van der Waals surface area contributed by atoms with Crippen molar-refractivity contribution < 1.29 is 37.5 Å². The lowest BCUT2D eigenvalue weighted by molar-refractivity contribution is -0.210. The predicted octanol–water partition coefficient (Wildman–Crippen LogP) is -0.0791. The Morgan fingerprint density at radius 3 is 1.94 bits per heavy atom. The summed E-state index contributed by atoms with van der Waals surface area (Å²) in [5, 5.41) is 14.0. The molecule has 0 saturated carbocycles. The molecule has 5 atom stereocenters. The lowest BCUT2D eigenvalue weighted by Crippen LogP contribution is -2.57. The Morgan fingerprint density at radius 2 is 1.42 bits per heavy atom. The van der Waals surface area contributed by atoms with Crippen LogP contribution in [-0.2, 0) is 19.2 Å². The Labute approximate surface area is 178 Å². The molecule has 0 aliphatic carbocycles. The van der Waals surface area contributed by atoms with Gasteiger partial charge in [-0.25, -0.2) is 0 Å². The van der Waals surface area contributed by atoms with Crippen LogP contribution in [0.25, 0.3) is 0 Å². The van der Waals surface area contributed by atoms with Crippen molar-refractivity contribution in [3.8, 4) is 0 Å². The van der Waals surface area contributed by atoms with Gasteiger partial charge >= 0.3 is 6.18 Å². The minimum absolute atomic E-state index is 0.219. The topological polar surface area (TPSA) is 119 Å². The van der Waals surface area contributed by atoms with Gasteiger partial charge in [0.15, 0.2) is 6.10 Å². The zero-order valence-electron chi connectivity index (χ0n) is 17.7. The monoisotopic (exact) mass is 450 g/mol. The van der Waals surface area contributed by atoms with Crippen LogP contribution in [0.4, 0.5) is 13.2 Å². The first-order chi connectivity index (χ1) is 14.3. The van der Waals surface area contributed by atoms with E-state index in [-0.39, 0.29) is 18.9 Å². The Bertz CT molecular complexity index is 717. The van der Waals surface area contributed by atoms with Gasteiger partial charge in [0.2, 0.25) is 23.6 Å². The Morgan fingerprint density at radius 1 is 0.935 bits per heavy atom. The highest BCUT2D eigenvalue weighted by Gasteiger charge is 2.44. The first kappa shape index (κ1) is 24.9. The van der Waals surface area contributed by atoms with Crippen LogP contribution >= 0.6 is 0 Å². The van der Waals surface area contributed by atoms with Crippen molar-refractivity contribution in [2.24, 2.45) is 0 Å². The first-order valence-corrected chi connectivity index (χ1v) is 10.3. The highest BCUT2D eigenvalue weighted by molar-refractivity contribution is 5.94. The lowest BCUT2D eigenvalue weighted by atomic mass is 10.1. The summed E-state index contributed by atoms with van der Waals surface area (Å²) in [5.74, 6) is -2.03. The molecule has 2 saturated heterocycles. The van der Waals surface area contributed by atoms with E-state index < -0.39 is 54.2 Å². The van der Waals surface area contributed by atoms with Crippen molar-refractivity contribution in [3.63, 3.8) is 0 Å². The van der Waals surface area contributed by atoms with E-state index >= 15 is 0 Å². The number of aliphatic hydroxyl groups excluding tert-OH is 1. The lowest BCUT2D eigenvalue weighted by Gasteiger charge is -2.30. The largest absolute Gasteiger partial charge is 0.416 e. The van der Waals surface area contributed by atoms with E-state index in [1.54, 1.807) is 0 Å². The molecule has 0 aromatic rings. The number of carbonyl (C=O) groups is 4. The summed E-state index contributed by atoms with van der Waals surface area (Å²) in [5.41, 5.74) is 0. The van der Waals surface area contributed by atoms with E-state index in [0.717, 1.165) is 6.92 Å². The summed E-state index contributed by atoms with van der Waals surface area (Å²) in [6, 6.07) is -4.21. The highest BCUT2D eigenvalue weighted by Crippen LogP contribution is 2.24. The van der Waals surface area contributed by atoms with Gasteiger partial charge in [-0.15, -0.1) is 0 Å². The van der Waals surface area contributed by atoms with Crippen LogP contribution < -0.4 is 10.6 Å². The molecule has 12 heteroatoms. The molecule has 9 nitrogen and oxygen atoms in total. The van der Waals surface area contributed by atoms with E-state index in [2.05, 4.69) is 10.6 Å². The normalized spacial score (nSPS) is 24.5. The molecule has 4 amide bonds. The Hall–Kier alpha value is -2.37. The minimum Gasteiger partial charge on any atom is -0.382 e. The molecule has 2 unspecified atom stereocenters. The second-order valence-electron chi connectivity index (χ2n) is 8.07. The third-order valence-electron chi connectivity index (χ3n) is 5.71. The Balaban J connectivity index is 1.97. The zero-order chi connectivity index (χ0) is 23.5. The number of carbonyl (C=O) groups excluding carboxylic acids is 4. The third-order valence-corrected chi connectivity index (χ3v) is 5.71. The van der Waals surface area contributed by atoms with E-state index in [1.807, 2.05) is 0 Å². The fourth-order valence-electron chi connectivity index (χ4n) is 4.02. The smallest absolute Gasteiger partial charge is 0.382 e. The van der Waals surface area contributed by atoms with Crippen LogP contribution in [0.1, 0.15) is 46.5 Å². The van der Waals surface area contributed by atoms with Gasteiger partial charge in [0.25, 0.3) is 0 Å². The SMILES string of the molecule is CC(=O)N1CCC[C@H]1C(=O)N[C@@H](C)C(=O)N1CCC[C@H]1C(=O)NC(C)C(O)C(F)(F)F. The molecule has 176 valence electrons. The van der Waals surface area contributed by atoms with Crippen molar-refractivity contribution in [2.45, 2.75) is 82.9 Å². The van der Waals surface area contributed by atoms with Crippen LogP contribution in [0.5, 0.6) is 0 Å². The number of alkyl halides is 3. The van der Waals surface area contributed by atoms with Crippen LogP contribution in [0.3, 0.4) is 0 Å². The van der Waals surface area contributed by atoms with Gasteiger partial charge in [-0.1, -0.05) is 0 Å². The quantitative estimate of drug-likeness (QED) is 0.523. The summed E-state index contributed by atoms with van der Waals surface area (Å²) in [7, 11) is 0. The molecule has 0 aromatic carbocycles. The maximum absolute atomic E-state index is 12.8. The fourth-order valence-corrected chi connectivity index (χ4v) is 4.02. The van der Waals surface area contributed by atoms with Crippen molar-refractivity contribution in [2.75, 3.05) is 13.1 Å². The predicted molar refractivity (Wildman–Crippen MR) is 102 cm³/mol. The summed E-state index contributed by atoms with van der Waals surface area (Å²) >= 11 is 0. The number of nitrogens with zero attached hydrogens (tertiary/aromatic N) is 2. The van der Waals surface area contributed by atoms with Crippen molar-refractivity contribution in [1.29, 1.82) is 0 Å². The number of halogens is 3. The summed E-state index contributed by atoms with van der Waals surface area (Å²) in [6.45, 7) is 4.53. The second kappa shape index (κ2) is 9.84. The molecule has 2 heterocycles. The molecule has 0 spiro atoms. The van der Waals surface area contributed by atoms with E-state index in [4.69, 9.17) is 0 Å². The number of hydrogen-bond acceptors (Lipinski definition) is 5. The van der Waals surface area contributed by atoms with Gasteiger partial charge in [-0.3, -0.25) is 19.2 Å². The molecular formula is C19H29F3N4O5. The van der Waals surface area contributed by atoms with Crippen molar-refractivity contribution >= 4 is 23.6 Å². The average molecular weight is 450 g/mol.